The Kier molecular flexibility index (Phi) is 3.47. The minimum atomic E-state index is 0.0991. The highest BCUT2D eigenvalue weighted by molar-refractivity contribution is 6.08. The summed E-state index contributed by atoms with van der Waals surface area (Å²) in [4.78, 5) is 4.63. The van der Waals surface area contributed by atoms with Crippen LogP contribution in [0, 0.1) is 13.8 Å². The first kappa shape index (κ1) is 15.9. The molecule has 126 valence electrons. The summed E-state index contributed by atoms with van der Waals surface area (Å²) in [5.41, 5.74) is 7.67. The molecular weight excluding hydrogens is 306 g/mol. The molecule has 4 aromatic rings. The van der Waals surface area contributed by atoms with E-state index in [9.17, 15) is 0 Å². The third-order valence-electron chi connectivity index (χ3n) is 4.75. The minimum Gasteiger partial charge on any atom is -0.454 e. The van der Waals surface area contributed by atoms with Crippen molar-refractivity contribution < 1.29 is 4.42 Å². The fraction of sp³-hybridized carbons (Fsp3) is 0.261. The first-order valence-electron chi connectivity index (χ1n) is 8.73. The van der Waals surface area contributed by atoms with Crippen LogP contribution in [0.4, 0.5) is 0 Å². The number of aryl methyl sites for hydroxylation is 2. The summed E-state index contributed by atoms with van der Waals surface area (Å²) in [7, 11) is 0. The highest BCUT2D eigenvalue weighted by atomic mass is 16.3. The Morgan fingerprint density at radius 2 is 1.56 bits per heavy atom. The van der Waals surface area contributed by atoms with Gasteiger partial charge in [0.1, 0.15) is 11.3 Å². The van der Waals surface area contributed by atoms with E-state index in [0.717, 1.165) is 33.2 Å². The summed E-state index contributed by atoms with van der Waals surface area (Å²) >= 11 is 0. The Bertz CT molecular complexity index is 1080. The van der Waals surface area contributed by atoms with Crippen LogP contribution in [-0.4, -0.2) is 4.98 Å². The van der Waals surface area contributed by atoms with Crippen LogP contribution < -0.4 is 0 Å². The van der Waals surface area contributed by atoms with Gasteiger partial charge in [0.2, 0.25) is 0 Å². The van der Waals surface area contributed by atoms with Crippen LogP contribution in [0.3, 0.4) is 0 Å². The largest absolute Gasteiger partial charge is 0.454 e. The van der Waals surface area contributed by atoms with E-state index in [1.54, 1.807) is 0 Å². The number of nitrogens with zero attached hydrogens (tertiary/aromatic N) is 1. The number of hydrogen-bond acceptors (Lipinski definition) is 2. The number of furan rings is 1. The monoisotopic (exact) mass is 329 g/mol. The third kappa shape index (κ3) is 2.72. The smallest absolute Gasteiger partial charge is 0.161 e. The van der Waals surface area contributed by atoms with Crippen molar-refractivity contribution in [2.24, 2.45) is 0 Å². The molecule has 0 fully saturated rings. The molecule has 0 saturated carbocycles. The number of fused-ring (bicyclic) bond motifs is 3. The van der Waals surface area contributed by atoms with Crippen molar-refractivity contribution in [1.29, 1.82) is 0 Å². The zero-order valence-electron chi connectivity index (χ0n) is 15.5. The maximum Gasteiger partial charge on any atom is 0.161 e. The van der Waals surface area contributed by atoms with Crippen LogP contribution in [-0.2, 0) is 5.41 Å². The summed E-state index contributed by atoms with van der Waals surface area (Å²) in [5, 5.41) is 2.27. The Hall–Kier alpha value is -2.61. The maximum absolute atomic E-state index is 6.29. The van der Waals surface area contributed by atoms with Gasteiger partial charge in [-0.25, -0.2) is 0 Å². The molecule has 0 saturated heterocycles. The Labute approximate surface area is 148 Å². The lowest BCUT2D eigenvalue weighted by Gasteiger charge is -2.18. The molecule has 2 heteroatoms. The quantitative estimate of drug-likeness (QED) is 0.395. The molecule has 0 atom stereocenters. The molecule has 0 unspecified atom stereocenters. The lowest BCUT2D eigenvalue weighted by atomic mass is 9.87. The van der Waals surface area contributed by atoms with E-state index in [2.05, 4.69) is 76.0 Å². The van der Waals surface area contributed by atoms with Crippen molar-refractivity contribution in [3.8, 4) is 11.3 Å². The molecule has 0 aliphatic carbocycles. The number of pyridine rings is 1. The fourth-order valence-corrected chi connectivity index (χ4v) is 3.49. The van der Waals surface area contributed by atoms with Crippen molar-refractivity contribution in [3.05, 3.63) is 65.4 Å². The molecule has 0 spiro atoms. The topological polar surface area (TPSA) is 26.0 Å². The first-order chi connectivity index (χ1) is 11.8. The van der Waals surface area contributed by atoms with E-state index in [1.807, 2.05) is 12.3 Å². The Balaban J connectivity index is 2.01. The molecule has 0 aliphatic heterocycles. The summed E-state index contributed by atoms with van der Waals surface area (Å²) in [5.74, 6) is 0. The molecule has 0 N–H and O–H groups in total. The van der Waals surface area contributed by atoms with Crippen LogP contribution in [0.2, 0.25) is 0 Å². The summed E-state index contributed by atoms with van der Waals surface area (Å²) in [6.45, 7) is 10.9. The van der Waals surface area contributed by atoms with E-state index < -0.39 is 0 Å². The van der Waals surface area contributed by atoms with Crippen molar-refractivity contribution >= 4 is 21.9 Å². The average Bonchev–Trinajstić information content (AvgIpc) is 2.90. The van der Waals surface area contributed by atoms with Crippen LogP contribution >= 0.6 is 0 Å². The molecular formula is C23H23NO. The van der Waals surface area contributed by atoms with Crippen LogP contribution in [0.25, 0.3) is 33.2 Å². The highest BCUT2D eigenvalue weighted by Crippen LogP contribution is 2.36. The zero-order valence-corrected chi connectivity index (χ0v) is 15.5. The lowest BCUT2D eigenvalue weighted by Crippen LogP contribution is -2.10. The van der Waals surface area contributed by atoms with Gasteiger partial charge in [-0.15, -0.1) is 0 Å². The van der Waals surface area contributed by atoms with Crippen LogP contribution in [0.5, 0.6) is 0 Å². The highest BCUT2D eigenvalue weighted by Gasteiger charge is 2.18. The predicted molar refractivity (Wildman–Crippen MR) is 105 cm³/mol. The normalized spacial score (nSPS) is 12.2. The molecule has 0 bridgehead atoms. The van der Waals surface area contributed by atoms with Crippen LogP contribution in [0.1, 0.15) is 37.5 Å². The molecule has 0 aliphatic rings. The van der Waals surface area contributed by atoms with Gasteiger partial charge >= 0.3 is 0 Å². The predicted octanol–water partition coefficient (Wildman–Crippen LogP) is 6.56. The molecule has 2 nitrogen and oxygen atoms in total. The molecule has 2 aromatic heterocycles. The summed E-state index contributed by atoms with van der Waals surface area (Å²) in [6.07, 6.45) is 1.88. The van der Waals surface area contributed by atoms with E-state index in [4.69, 9.17) is 4.42 Å². The van der Waals surface area contributed by atoms with Crippen molar-refractivity contribution in [1.82, 2.24) is 4.98 Å². The minimum absolute atomic E-state index is 0.0991. The van der Waals surface area contributed by atoms with Gasteiger partial charge in [0, 0.05) is 22.5 Å². The van der Waals surface area contributed by atoms with Gasteiger partial charge in [0.05, 0.1) is 0 Å². The third-order valence-corrected chi connectivity index (χ3v) is 4.75. The van der Waals surface area contributed by atoms with Gasteiger partial charge in [0.25, 0.3) is 0 Å². The van der Waals surface area contributed by atoms with Crippen molar-refractivity contribution in [3.63, 3.8) is 0 Å². The van der Waals surface area contributed by atoms with E-state index >= 15 is 0 Å². The molecule has 25 heavy (non-hydrogen) atoms. The second kappa shape index (κ2) is 5.45. The van der Waals surface area contributed by atoms with Gasteiger partial charge in [0.15, 0.2) is 5.58 Å². The summed E-state index contributed by atoms with van der Waals surface area (Å²) in [6, 6.07) is 15.1. The maximum atomic E-state index is 6.29. The van der Waals surface area contributed by atoms with Gasteiger partial charge < -0.3 is 4.42 Å². The Morgan fingerprint density at radius 1 is 0.840 bits per heavy atom. The van der Waals surface area contributed by atoms with E-state index in [-0.39, 0.29) is 5.41 Å². The Morgan fingerprint density at radius 3 is 2.24 bits per heavy atom. The second-order valence-electron chi connectivity index (χ2n) is 7.98. The molecule has 2 aromatic carbocycles. The van der Waals surface area contributed by atoms with E-state index in [0.29, 0.717) is 0 Å². The standard InChI is InChI=1S/C23H23NO/c1-14-10-15(2)12-16(11-14)21-22-19(8-9-24-21)18-7-6-17(23(3,4)5)13-20(18)25-22/h6-13H,1-5H3. The van der Waals surface area contributed by atoms with E-state index in [1.165, 1.54) is 16.7 Å². The molecule has 2 heterocycles. The SMILES string of the molecule is Cc1cc(C)cc(-c2nccc3c2oc2cc(C(C)(C)C)ccc23)c1. The van der Waals surface area contributed by atoms with Gasteiger partial charge in [-0.2, -0.15) is 0 Å². The number of benzene rings is 2. The number of hydrogen-bond donors (Lipinski definition) is 0. The van der Waals surface area contributed by atoms with Crippen molar-refractivity contribution in [2.45, 2.75) is 40.0 Å². The fourth-order valence-electron chi connectivity index (χ4n) is 3.49. The van der Waals surface area contributed by atoms with Crippen molar-refractivity contribution in [2.75, 3.05) is 0 Å². The number of rotatable bonds is 1. The molecule has 0 amide bonds. The first-order valence-corrected chi connectivity index (χ1v) is 8.73. The molecule has 0 radical (unpaired) electrons. The lowest BCUT2D eigenvalue weighted by molar-refractivity contribution is 0.587. The zero-order chi connectivity index (χ0) is 17.8. The summed E-state index contributed by atoms with van der Waals surface area (Å²) < 4.78 is 6.29. The number of aromatic nitrogens is 1. The van der Waals surface area contributed by atoms with Gasteiger partial charge in [-0.3, -0.25) is 4.98 Å². The van der Waals surface area contributed by atoms with Gasteiger partial charge in [-0.1, -0.05) is 50.1 Å². The second-order valence-corrected chi connectivity index (χ2v) is 7.98. The average molecular weight is 329 g/mol. The van der Waals surface area contributed by atoms with Crippen LogP contribution in [0.15, 0.2) is 53.1 Å². The van der Waals surface area contributed by atoms with Gasteiger partial charge in [-0.05, 0) is 49.1 Å². The molecule has 4 rings (SSSR count).